The molecule has 1 aliphatic rings. The highest BCUT2D eigenvalue weighted by Crippen LogP contribution is 2.24. The molecule has 1 aliphatic heterocycles. The third-order valence-electron chi connectivity index (χ3n) is 4.69. The third-order valence-corrected chi connectivity index (χ3v) is 4.95. The minimum Gasteiger partial charge on any atom is -0.333 e. The van der Waals surface area contributed by atoms with Crippen molar-refractivity contribution in [3.05, 3.63) is 70.7 Å². The van der Waals surface area contributed by atoms with Crippen LogP contribution in [0, 0.1) is 0 Å². The van der Waals surface area contributed by atoms with Crippen molar-refractivity contribution in [3.63, 3.8) is 0 Å². The van der Waals surface area contributed by atoms with Crippen molar-refractivity contribution in [2.24, 2.45) is 0 Å². The van der Waals surface area contributed by atoms with E-state index >= 15 is 0 Å². The second kappa shape index (κ2) is 7.82. The van der Waals surface area contributed by atoms with Gasteiger partial charge in [-0.15, -0.1) is 0 Å². The Balaban J connectivity index is 1.83. The van der Waals surface area contributed by atoms with Crippen LogP contribution in [0.1, 0.15) is 34.8 Å². The molecule has 1 atom stereocenters. The molecule has 3 nitrogen and oxygen atoms in total. The highest BCUT2D eigenvalue weighted by Gasteiger charge is 2.26. The SMILES string of the molecule is CN(C(=O)c1ccc(Cl)cc1)[C@H](CN1CCCC1)c1ccccc1. The van der Waals surface area contributed by atoms with Gasteiger partial charge in [0.05, 0.1) is 6.04 Å². The summed E-state index contributed by atoms with van der Waals surface area (Å²) in [4.78, 5) is 17.2. The van der Waals surface area contributed by atoms with Crippen LogP contribution in [0.5, 0.6) is 0 Å². The van der Waals surface area contributed by atoms with Crippen LogP contribution in [0.25, 0.3) is 0 Å². The molecule has 1 fully saturated rings. The molecule has 0 aromatic heterocycles. The average molecular weight is 343 g/mol. The number of carbonyl (C=O) groups is 1. The molecule has 0 bridgehead atoms. The molecule has 0 unspecified atom stereocenters. The highest BCUT2D eigenvalue weighted by atomic mass is 35.5. The van der Waals surface area contributed by atoms with Crippen molar-refractivity contribution >= 4 is 17.5 Å². The third kappa shape index (κ3) is 3.97. The van der Waals surface area contributed by atoms with Crippen molar-refractivity contribution in [2.75, 3.05) is 26.7 Å². The first-order chi connectivity index (χ1) is 11.6. The molecule has 0 saturated carbocycles. The van der Waals surface area contributed by atoms with Crippen molar-refractivity contribution in [1.29, 1.82) is 0 Å². The zero-order valence-electron chi connectivity index (χ0n) is 14.0. The molecule has 1 amide bonds. The number of amides is 1. The van der Waals surface area contributed by atoms with E-state index in [0.29, 0.717) is 10.6 Å². The van der Waals surface area contributed by atoms with Crippen LogP contribution in [-0.4, -0.2) is 42.4 Å². The first-order valence-electron chi connectivity index (χ1n) is 8.45. The van der Waals surface area contributed by atoms with Gasteiger partial charge in [-0.2, -0.15) is 0 Å². The van der Waals surface area contributed by atoms with Crippen molar-refractivity contribution in [1.82, 2.24) is 9.80 Å². The topological polar surface area (TPSA) is 23.6 Å². The zero-order valence-corrected chi connectivity index (χ0v) is 14.7. The maximum absolute atomic E-state index is 12.9. The lowest BCUT2D eigenvalue weighted by molar-refractivity contribution is 0.0696. The van der Waals surface area contributed by atoms with Crippen molar-refractivity contribution < 1.29 is 4.79 Å². The van der Waals surface area contributed by atoms with E-state index < -0.39 is 0 Å². The summed E-state index contributed by atoms with van der Waals surface area (Å²) >= 11 is 5.94. The molecule has 1 heterocycles. The number of nitrogens with zero attached hydrogens (tertiary/aromatic N) is 2. The van der Waals surface area contributed by atoms with Crippen molar-refractivity contribution in [2.45, 2.75) is 18.9 Å². The van der Waals surface area contributed by atoms with E-state index in [9.17, 15) is 4.79 Å². The van der Waals surface area contributed by atoms with Gasteiger partial charge in [0, 0.05) is 24.2 Å². The number of likely N-dealkylation sites (tertiary alicyclic amines) is 1. The molecule has 3 rings (SSSR count). The Morgan fingerprint density at radius 2 is 1.71 bits per heavy atom. The van der Waals surface area contributed by atoms with Gasteiger partial charge in [-0.05, 0) is 55.8 Å². The molecule has 2 aromatic rings. The predicted octanol–water partition coefficient (Wildman–Crippen LogP) is 4.25. The smallest absolute Gasteiger partial charge is 0.254 e. The summed E-state index contributed by atoms with van der Waals surface area (Å²) in [5.74, 6) is 0.0275. The zero-order chi connectivity index (χ0) is 16.9. The molecule has 0 radical (unpaired) electrons. The van der Waals surface area contributed by atoms with Gasteiger partial charge >= 0.3 is 0 Å². The van der Waals surface area contributed by atoms with Gasteiger partial charge in [-0.25, -0.2) is 0 Å². The maximum atomic E-state index is 12.9. The van der Waals surface area contributed by atoms with Crippen LogP contribution < -0.4 is 0 Å². The Morgan fingerprint density at radius 3 is 2.33 bits per heavy atom. The number of hydrogen-bond donors (Lipinski definition) is 0. The van der Waals surface area contributed by atoms with Crippen LogP contribution in [0.4, 0.5) is 0 Å². The van der Waals surface area contributed by atoms with E-state index in [4.69, 9.17) is 11.6 Å². The Hall–Kier alpha value is -1.84. The quantitative estimate of drug-likeness (QED) is 0.811. The Labute approximate surface area is 148 Å². The maximum Gasteiger partial charge on any atom is 0.254 e. The Morgan fingerprint density at radius 1 is 1.08 bits per heavy atom. The van der Waals surface area contributed by atoms with E-state index in [1.165, 1.54) is 18.4 Å². The van der Waals surface area contributed by atoms with E-state index in [1.807, 2.05) is 30.1 Å². The molecule has 4 heteroatoms. The average Bonchev–Trinajstić information content (AvgIpc) is 3.13. The molecule has 24 heavy (non-hydrogen) atoms. The van der Waals surface area contributed by atoms with Gasteiger partial charge in [-0.3, -0.25) is 4.79 Å². The monoisotopic (exact) mass is 342 g/mol. The number of rotatable bonds is 5. The largest absolute Gasteiger partial charge is 0.333 e. The van der Waals surface area contributed by atoms with Crippen LogP contribution in [0.2, 0.25) is 5.02 Å². The van der Waals surface area contributed by atoms with Gasteiger partial charge < -0.3 is 9.80 Å². The minimum atomic E-state index is 0.0275. The Kier molecular flexibility index (Phi) is 5.54. The van der Waals surface area contributed by atoms with E-state index in [1.54, 1.807) is 24.3 Å². The molecular weight excluding hydrogens is 320 g/mol. The fraction of sp³-hybridized carbons (Fsp3) is 0.350. The first-order valence-corrected chi connectivity index (χ1v) is 8.83. The van der Waals surface area contributed by atoms with Gasteiger partial charge in [0.25, 0.3) is 5.91 Å². The van der Waals surface area contributed by atoms with Crippen LogP contribution in [-0.2, 0) is 0 Å². The molecule has 2 aromatic carbocycles. The van der Waals surface area contributed by atoms with E-state index in [0.717, 1.165) is 19.6 Å². The number of carbonyl (C=O) groups excluding carboxylic acids is 1. The number of hydrogen-bond acceptors (Lipinski definition) is 2. The highest BCUT2D eigenvalue weighted by molar-refractivity contribution is 6.30. The summed E-state index contributed by atoms with van der Waals surface area (Å²) in [6.45, 7) is 3.11. The fourth-order valence-corrected chi connectivity index (χ4v) is 3.40. The Bertz CT molecular complexity index is 666. The molecule has 126 valence electrons. The fourth-order valence-electron chi connectivity index (χ4n) is 3.27. The van der Waals surface area contributed by atoms with Gasteiger partial charge in [0.15, 0.2) is 0 Å². The molecule has 0 N–H and O–H groups in total. The van der Waals surface area contributed by atoms with Gasteiger partial charge in [0.2, 0.25) is 0 Å². The number of benzene rings is 2. The summed E-state index contributed by atoms with van der Waals surface area (Å²) in [6, 6.07) is 17.4. The van der Waals surface area contributed by atoms with Crippen LogP contribution in [0.15, 0.2) is 54.6 Å². The number of halogens is 1. The summed E-state index contributed by atoms with van der Waals surface area (Å²) in [5, 5.41) is 0.644. The lowest BCUT2D eigenvalue weighted by Gasteiger charge is -2.32. The lowest BCUT2D eigenvalue weighted by Crippen LogP contribution is -2.38. The summed E-state index contributed by atoms with van der Waals surface area (Å²) < 4.78 is 0. The second-order valence-corrected chi connectivity index (χ2v) is 6.79. The summed E-state index contributed by atoms with van der Waals surface area (Å²) in [6.07, 6.45) is 2.49. The molecule has 1 saturated heterocycles. The normalized spacial score (nSPS) is 16.1. The second-order valence-electron chi connectivity index (χ2n) is 6.36. The van der Waals surface area contributed by atoms with Crippen molar-refractivity contribution in [3.8, 4) is 0 Å². The summed E-state index contributed by atoms with van der Waals surface area (Å²) in [5.41, 5.74) is 1.85. The number of likely N-dealkylation sites (N-methyl/N-ethyl adjacent to an activating group) is 1. The van der Waals surface area contributed by atoms with Gasteiger partial charge in [0.1, 0.15) is 0 Å². The molecule has 0 aliphatic carbocycles. The van der Waals surface area contributed by atoms with E-state index in [-0.39, 0.29) is 11.9 Å². The summed E-state index contributed by atoms with van der Waals surface area (Å²) in [7, 11) is 1.89. The van der Waals surface area contributed by atoms with Gasteiger partial charge in [-0.1, -0.05) is 41.9 Å². The first kappa shape index (κ1) is 17.0. The standard InChI is InChI=1S/C20H23ClN2O/c1-22(20(24)17-9-11-18(21)12-10-17)19(15-23-13-5-6-14-23)16-7-3-2-4-8-16/h2-4,7-12,19H,5-6,13-15H2,1H3/t19-/m1/s1. The molecule has 0 spiro atoms. The lowest BCUT2D eigenvalue weighted by atomic mass is 10.0. The van der Waals surface area contributed by atoms with Crippen LogP contribution >= 0.6 is 11.6 Å². The minimum absolute atomic E-state index is 0.0275. The van der Waals surface area contributed by atoms with E-state index in [2.05, 4.69) is 17.0 Å². The molecular formula is C20H23ClN2O. The predicted molar refractivity (Wildman–Crippen MR) is 98.4 cm³/mol. The van der Waals surface area contributed by atoms with Crippen LogP contribution in [0.3, 0.4) is 0 Å².